The lowest BCUT2D eigenvalue weighted by Gasteiger charge is -2.22. The summed E-state index contributed by atoms with van der Waals surface area (Å²) in [6.07, 6.45) is 3.33. The minimum atomic E-state index is 0. The lowest BCUT2D eigenvalue weighted by Crippen LogP contribution is -2.39. The first kappa shape index (κ1) is 15.8. The summed E-state index contributed by atoms with van der Waals surface area (Å²) in [4.78, 5) is 17.2. The van der Waals surface area contributed by atoms with Gasteiger partial charge in [-0.25, -0.2) is 4.98 Å². The van der Waals surface area contributed by atoms with Gasteiger partial charge in [0.05, 0.1) is 0 Å². The Labute approximate surface area is 122 Å². The number of halogens is 1. The highest BCUT2D eigenvalue weighted by atomic mass is 35.5. The molecule has 18 heavy (non-hydrogen) atoms. The Bertz CT molecular complexity index is 380. The second-order valence-corrected chi connectivity index (χ2v) is 6.23. The monoisotopic (exact) mass is 307 g/mol. The average molecular weight is 308 g/mol. The Kier molecular flexibility index (Phi) is 6.99. The number of thiazole rings is 1. The summed E-state index contributed by atoms with van der Waals surface area (Å²) in [5, 5.41) is 6.93. The van der Waals surface area contributed by atoms with Gasteiger partial charge < -0.3 is 10.6 Å². The molecule has 2 heterocycles. The summed E-state index contributed by atoms with van der Waals surface area (Å²) < 4.78 is 0. The van der Waals surface area contributed by atoms with Crippen LogP contribution in [0.5, 0.6) is 0 Å². The molecule has 4 nitrogen and oxygen atoms in total. The van der Waals surface area contributed by atoms with Crippen LogP contribution in [0.4, 0.5) is 5.13 Å². The van der Waals surface area contributed by atoms with E-state index in [2.05, 4.69) is 22.5 Å². The van der Waals surface area contributed by atoms with E-state index in [4.69, 9.17) is 0 Å². The predicted octanol–water partition coefficient (Wildman–Crippen LogP) is 2.16. The van der Waals surface area contributed by atoms with Gasteiger partial charge in [0.15, 0.2) is 5.13 Å². The zero-order valence-electron chi connectivity index (χ0n) is 10.3. The number of amides is 1. The molecule has 1 atom stereocenters. The van der Waals surface area contributed by atoms with Gasteiger partial charge in [-0.15, -0.1) is 23.7 Å². The standard InChI is InChI=1S/C11H17N3OS2.ClH/c1-2-9-6-13-11(17-9)14-10(15)5-8-7-16-4-3-12-8;/h6,8,12H,2-5,7H2,1H3,(H,13,14,15);1H. The Balaban J connectivity index is 0.00000162. The fraction of sp³-hybridized carbons (Fsp3) is 0.636. The number of rotatable bonds is 4. The van der Waals surface area contributed by atoms with E-state index in [1.165, 1.54) is 4.88 Å². The summed E-state index contributed by atoms with van der Waals surface area (Å²) in [6.45, 7) is 3.09. The molecule has 0 radical (unpaired) electrons. The smallest absolute Gasteiger partial charge is 0.227 e. The molecule has 1 aliphatic rings. The number of thioether (sulfide) groups is 1. The molecule has 0 aliphatic carbocycles. The van der Waals surface area contributed by atoms with Gasteiger partial charge in [0.1, 0.15) is 0 Å². The van der Waals surface area contributed by atoms with E-state index in [1.807, 2.05) is 18.0 Å². The van der Waals surface area contributed by atoms with Crippen molar-refractivity contribution in [1.29, 1.82) is 0 Å². The van der Waals surface area contributed by atoms with Crippen molar-refractivity contribution >= 4 is 46.5 Å². The first-order chi connectivity index (χ1) is 8.28. The molecular formula is C11H18ClN3OS2. The van der Waals surface area contributed by atoms with E-state index in [0.717, 1.165) is 29.6 Å². The van der Waals surface area contributed by atoms with Crippen LogP contribution in [0, 0.1) is 0 Å². The quantitative estimate of drug-likeness (QED) is 0.895. The van der Waals surface area contributed by atoms with Crippen LogP contribution >= 0.6 is 35.5 Å². The molecule has 0 aromatic carbocycles. The number of nitrogens with zero attached hydrogens (tertiary/aromatic N) is 1. The molecule has 102 valence electrons. The van der Waals surface area contributed by atoms with Gasteiger partial charge in [0.25, 0.3) is 0 Å². The van der Waals surface area contributed by atoms with Gasteiger partial charge in [-0.1, -0.05) is 6.92 Å². The van der Waals surface area contributed by atoms with Crippen molar-refractivity contribution in [3.63, 3.8) is 0 Å². The van der Waals surface area contributed by atoms with Crippen LogP contribution in [0.2, 0.25) is 0 Å². The van der Waals surface area contributed by atoms with Crippen molar-refractivity contribution in [2.45, 2.75) is 25.8 Å². The van der Waals surface area contributed by atoms with Crippen LogP contribution in [0.25, 0.3) is 0 Å². The summed E-state index contributed by atoms with van der Waals surface area (Å²) >= 11 is 3.46. The van der Waals surface area contributed by atoms with E-state index in [1.54, 1.807) is 11.3 Å². The molecule has 0 saturated carbocycles. The van der Waals surface area contributed by atoms with Crippen LogP contribution in [0.1, 0.15) is 18.2 Å². The maximum absolute atomic E-state index is 11.8. The molecule has 0 spiro atoms. The Morgan fingerprint density at radius 3 is 3.11 bits per heavy atom. The van der Waals surface area contributed by atoms with Gasteiger partial charge in [0, 0.05) is 41.6 Å². The number of hydrogen-bond donors (Lipinski definition) is 2. The number of nitrogens with one attached hydrogen (secondary N) is 2. The Morgan fingerprint density at radius 1 is 1.67 bits per heavy atom. The zero-order chi connectivity index (χ0) is 12.1. The minimum absolute atomic E-state index is 0. The van der Waals surface area contributed by atoms with Crippen LogP contribution in [0.15, 0.2) is 6.20 Å². The summed E-state index contributed by atoms with van der Waals surface area (Å²) in [7, 11) is 0. The third-order valence-electron chi connectivity index (χ3n) is 2.58. The van der Waals surface area contributed by atoms with E-state index in [9.17, 15) is 4.79 Å². The molecule has 1 fully saturated rings. The molecule has 1 unspecified atom stereocenters. The molecule has 2 N–H and O–H groups in total. The highest BCUT2D eigenvalue weighted by Gasteiger charge is 2.17. The van der Waals surface area contributed by atoms with Crippen molar-refractivity contribution in [1.82, 2.24) is 10.3 Å². The minimum Gasteiger partial charge on any atom is -0.312 e. The van der Waals surface area contributed by atoms with Gasteiger partial charge in [0.2, 0.25) is 5.91 Å². The van der Waals surface area contributed by atoms with Gasteiger partial charge >= 0.3 is 0 Å². The predicted molar refractivity (Wildman–Crippen MR) is 81.1 cm³/mol. The van der Waals surface area contributed by atoms with E-state index >= 15 is 0 Å². The van der Waals surface area contributed by atoms with Gasteiger partial charge in [-0.2, -0.15) is 11.8 Å². The van der Waals surface area contributed by atoms with Crippen molar-refractivity contribution in [2.24, 2.45) is 0 Å². The summed E-state index contributed by atoms with van der Waals surface area (Å²) in [5.74, 6) is 2.22. The van der Waals surface area contributed by atoms with E-state index in [0.29, 0.717) is 12.5 Å². The molecule has 1 aliphatic heterocycles. The maximum atomic E-state index is 11.8. The number of hydrogen-bond acceptors (Lipinski definition) is 5. The van der Waals surface area contributed by atoms with E-state index < -0.39 is 0 Å². The number of aryl methyl sites for hydroxylation is 1. The van der Waals surface area contributed by atoms with E-state index in [-0.39, 0.29) is 18.3 Å². The third-order valence-corrected chi connectivity index (χ3v) is 4.77. The molecule has 2 rings (SSSR count). The highest BCUT2D eigenvalue weighted by molar-refractivity contribution is 7.99. The zero-order valence-corrected chi connectivity index (χ0v) is 12.7. The number of aromatic nitrogens is 1. The normalized spacial score (nSPS) is 19.1. The van der Waals surface area contributed by atoms with Crippen LogP contribution < -0.4 is 10.6 Å². The maximum Gasteiger partial charge on any atom is 0.227 e. The second kappa shape index (κ2) is 7.99. The molecule has 0 bridgehead atoms. The first-order valence-corrected chi connectivity index (χ1v) is 7.80. The summed E-state index contributed by atoms with van der Waals surface area (Å²) in [6, 6.07) is 0.305. The average Bonchev–Trinajstić information content (AvgIpc) is 2.78. The third kappa shape index (κ3) is 4.76. The number of carbonyl (C=O) groups is 1. The van der Waals surface area contributed by atoms with Crippen molar-refractivity contribution in [3.05, 3.63) is 11.1 Å². The van der Waals surface area contributed by atoms with Gasteiger partial charge in [-0.3, -0.25) is 4.79 Å². The number of carbonyl (C=O) groups excluding carboxylic acids is 1. The summed E-state index contributed by atoms with van der Waals surface area (Å²) in [5.41, 5.74) is 0. The topological polar surface area (TPSA) is 54.0 Å². The Morgan fingerprint density at radius 2 is 2.50 bits per heavy atom. The van der Waals surface area contributed by atoms with Crippen molar-refractivity contribution in [2.75, 3.05) is 23.4 Å². The molecule has 7 heteroatoms. The fourth-order valence-electron chi connectivity index (χ4n) is 1.67. The Hall–Kier alpha value is -0.300. The SMILES string of the molecule is CCc1cnc(NC(=O)CC2CSCCN2)s1.Cl. The lowest BCUT2D eigenvalue weighted by atomic mass is 10.2. The van der Waals surface area contributed by atoms with Crippen molar-refractivity contribution < 1.29 is 4.79 Å². The molecular weight excluding hydrogens is 290 g/mol. The fourth-order valence-corrected chi connectivity index (χ4v) is 3.39. The first-order valence-electron chi connectivity index (χ1n) is 5.83. The number of anilines is 1. The molecule has 1 aromatic heterocycles. The molecule has 1 saturated heterocycles. The second-order valence-electron chi connectivity index (χ2n) is 3.96. The molecule has 1 aromatic rings. The molecule has 1 amide bonds. The van der Waals surface area contributed by atoms with Crippen LogP contribution in [0.3, 0.4) is 0 Å². The van der Waals surface area contributed by atoms with Crippen molar-refractivity contribution in [3.8, 4) is 0 Å². The van der Waals surface area contributed by atoms with Gasteiger partial charge in [-0.05, 0) is 6.42 Å². The highest BCUT2D eigenvalue weighted by Crippen LogP contribution is 2.19. The lowest BCUT2D eigenvalue weighted by molar-refractivity contribution is -0.116. The largest absolute Gasteiger partial charge is 0.312 e. The van der Waals surface area contributed by atoms with Crippen LogP contribution in [-0.4, -0.2) is 35.0 Å². The van der Waals surface area contributed by atoms with Crippen LogP contribution in [-0.2, 0) is 11.2 Å².